The van der Waals surface area contributed by atoms with Crippen LogP contribution in [0.5, 0.6) is 0 Å². The molecular formula is C27H27F6N3O5. The van der Waals surface area contributed by atoms with E-state index in [1.54, 1.807) is 18.2 Å². The van der Waals surface area contributed by atoms with Gasteiger partial charge in [0.1, 0.15) is 6.54 Å². The Balaban J connectivity index is 1.87. The number of hydrogen-bond donors (Lipinski definition) is 1. The van der Waals surface area contributed by atoms with Crippen LogP contribution in [-0.2, 0) is 38.3 Å². The van der Waals surface area contributed by atoms with Gasteiger partial charge in [-0.1, -0.05) is 24.6 Å². The summed E-state index contributed by atoms with van der Waals surface area (Å²) in [6, 6.07) is 8.99. The molecule has 2 N–H and O–H groups in total. The molecule has 2 aromatic carbocycles. The van der Waals surface area contributed by atoms with Crippen molar-refractivity contribution >= 4 is 29.4 Å². The van der Waals surface area contributed by atoms with Gasteiger partial charge in [0.05, 0.1) is 29.8 Å². The molecule has 0 saturated heterocycles. The number of anilines is 1. The number of carbonyl (C=O) groups is 4. The molecule has 0 fully saturated rings. The van der Waals surface area contributed by atoms with Crippen molar-refractivity contribution in [1.82, 2.24) is 4.90 Å². The molecule has 14 heteroatoms. The second kappa shape index (κ2) is 13.1. The molecule has 0 spiro atoms. The second-order valence-electron chi connectivity index (χ2n) is 9.36. The molecule has 1 aliphatic rings. The summed E-state index contributed by atoms with van der Waals surface area (Å²) in [5.41, 5.74) is 6.00. The van der Waals surface area contributed by atoms with Crippen molar-refractivity contribution in [2.75, 3.05) is 24.5 Å². The number of halogens is 6. The lowest BCUT2D eigenvalue weighted by molar-refractivity contribution is -0.201. The van der Waals surface area contributed by atoms with E-state index in [2.05, 4.69) is 4.74 Å². The fraction of sp³-hybridized carbons (Fsp3) is 0.407. The van der Waals surface area contributed by atoms with Gasteiger partial charge in [0.25, 0.3) is 5.91 Å². The molecule has 222 valence electrons. The van der Waals surface area contributed by atoms with Crippen molar-refractivity contribution in [1.29, 1.82) is 0 Å². The van der Waals surface area contributed by atoms with Crippen LogP contribution < -0.4 is 10.6 Å². The summed E-state index contributed by atoms with van der Waals surface area (Å²) in [7, 11) is 0. The molecule has 2 aromatic rings. The highest BCUT2D eigenvalue weighted by Crippen LogP contribution is 2.32. The zero-order valence-corrected chi connectivity index (χ0v) is 21.7. The first-order valence-electron chi connectivity index (χ1n) is 12.6. The Morgan fingerprint density at radius 3 is 2.17 bits per heavy atom. The molecule has 0 aromatic heterocycles. The summed E-state index contributed by atoms with van der Waals surface area (Å²) in [4.78, 5) is 51.7. The highest BCUT2D eigenvalue weighted by atomic mass is 19.4. The maximum absolute atomic E-state index is 13.5. The van der Waals surface area contributed by atoms with Gasteiger partial charge in [0, 0.05) is 6.54 Å². The molecule has 0 atom stereocenters. The standard InChI is InChI=1S/C27H27F6N3O5/c28-26(29,30)19-8-5-18(6-9-19)15-36-21-10-7-17(4-2-1-3-12-34)14-20(21)24(39)35(16-22(36)37)13-11-23(38)41-25(40)27(31,32)33/h5-10,14H,1-4,11-13,15-16,34H2. The molecule has 0 saturated carbocycles. The Hall–Kier alpha value is -3.94. The van der Waals surface area contributed by atoms with Crippen LogP contribution in [0.25, 0.3) is 0 Å². The number of ether oxygens (including phenoxy) is 1. The van der Waals surface area contributed by atoms with Crippen LogP contribution in [-0.4, -0.2) is 54.5 Å². The minimum absolute atomic E-state index is 0.0684. The lowest BCUT2D eigenvalue weighted by Crippen LogP contribution is -2.40. The van der Waals surface area contributed by atoms with E-state index < -0.39 is 61.2 Å². The Morgan fingerprint density at radius 1 is 0.902 bits per heavy atom. The SMILES string of the molecule is NCCCCCc1ccc2c(c1)C(=O)N(CCC(=O)OC(=O)C(F)(F)F)CC(=O)N2Cc1ccc(C(F)(F)F)cc1. The van der Waals surface area contributed by atoms with Crippen LogP contribution >= 0.6 is 0 Å². The van der Waals surface area contributed by atoms with Gasteiger partial charge >= 0.3 is 24.3 Å². The maximum atomic E-state index is 13.5. The number of hydrogen-bond acceptors (Lipinski definition) is 6. The van der Waals surface area contributed by atoms with Gasteiger partial charge in [0.15, 0.2) is 0 Å². The fourth-order valence-electron chi connectivity index (χ4n) is 4.19. The van der Waals surface area contributed by atoms with E-state index in [1.807, 2.05) is 0 Å². The number of aryl methyl sites for hydroxylation is 1. The molecule has 0 bridgehead atoms. The van der Waals surface area contributed by atoms with E-state index >= 15 is 0 Å². The zero-order valence-electron chi connectivity index (χ0n) is 21.7. The van der Waals surface area contributed by atoms with Crippen molar-refractivity contribution < 1.29 is 50.3 Å². The number of benzene rings is 2. The largest absolute Gasteiger partial charge is 0.491 e. The smallest absolute Gasteiger partial charge is 0.386 e. The molecule has 8 nitrogen and oxygen atoms in total. The molecule has 41 heavy (non-hydrogen) atoms. The molecule has 1 heterocycles. The summed E-state index contributed by atoms with van der Waals surface area (Å²) < 4.78 is 79.9. The van der Waals surface area contributed by atoms with Gasteiger partial charge in [-0.2, -0.15) is 26.3 Å². The average molecular weight is 588 g/mol. The monoisotopic (exact) mass is 587 g/mol. The van der Waals surface area contributed by atoms with Gasteiger partial charge < -0.3 is 20.3 Å². The number of alkyl halides is 6. The van der Waals surface area contributed by atoms with E-state index in [1.165, 1.54) is 17.0 Å². The summed E-state index contributed by atoms with van der Waals surface area (Å²) in [5.74, 6) is -5.57. The van der Waals surface area contributed by atoms with Gasteiger partial charge in [-0.15, -0.1) is 0 Å². The predicted octanol–water partition coefficient (Wildman–Crippen LogP) is 4.39. The van der Waals surface area contributed by atoms with Gasteiger partial charge in [-0.25, -0.2) is 4.79 Å². The van der Waals surface area contributed by atoms with Crippen LogP contribution in [0.15, 0.2) is 42.5 Å². The third-order valence-corrected chi connectivity index (χ3v) is 6.31. The first-order valence-corrected chi connectivity index (χ1v) is 12.6. The second-order valence-corrected chi connectivity index (χ2v) is 9.36. The lowest BCUT2D eigenvalue weighted by Gasteiger charge is -2.23. The summed E-state index contributed by atoms with van der Waals surface area (Å²) in [5, 5.41) is 0. The minimum Gasteiger partial charge on any atom is -0.386 e. The normalized spacial score (nSPS) is 14.1. The molecule has 0 aliphatic carbocycles. The lowest BCUT2D eigenvalue weighted by atomic mass is 10.0. The Labute approximate surface area is 231 Å². The van der Waals surface area contributed by atoms with E-state index in [0.29, 0.717) is 18.5 Å². The average Bonchev–Trinajstić information content (AvgIpc) is 2.99. The van der Waals surface area contributed by atoms with Crippen molar-refractivity contribution in [2.45, 2.75) is 51.0 Å². The number of fused-ring (bicyclic) bond motifs is 1. The van der Waals surface area contributed by atoms with E-state index in [9.17, 15) is 45.5 Å². The molecule has 0 unspecified atom stereocenters. The molecule has 1 aliphatic heterocycles. The first-order chi connectivity index (χ1) is 19.2. The van der Waals surface area contributed by atoms with Gasteiger partial charge in [0.2, 0.25) is 5.91 Å². The van der Waals surface area contributed by atoms with Crippen molar-refractivity contribution in [3.63, 3.8) is 0 Å². The van der Waals surface area contributed by atoms with Crippen LogP contribution in [0, 0.1) is 0 Å². The number of nitrogens with two attached hydrogens (primary N) is 1. The number of nitrogens with zero attached hydrogens (tertiary/aromatic N) is 2. The summed E-state index contributed by atoms with van der Waals surface area (Å²) in [6.45, 7) is -0.762. The van der Waals surface area contributed by atoms with Gasteiger partial charge in [-0.05, 0) is 61.2 Å². The summed E-state index contributed by atoms with van der Waals surface area (Å²) in [6.07, 6.45) is -7.75. The molecule has 2 amide bonds. The number of carbonyl (C=O) groups excluding carboxylic acids is 4. The number of esters is 2. The van der Waals surface area contributed by atoms with Crippen LogP contribution in [0.4, 0.5) is 32.0 Å². The maximum Gasteiger partial charge on any atom is 0.491 e. The van der Waals surface area contributed by atoms with E-state index in [4.69, 9.17) is 5.73 Å². The quantitative estimate of drug-likeness (QED) is 0.191. The number of amides is 2. The van der Waals surface area contributed by atoms with Crippen LogP contribution in [0.2, 0.25) is 0 Å². The third-order valence-electron chi connectivity index (χ3n) is 6.31. The van der Waals surface area contributed by atoms with E-state index in [0.717, 1.165) is 41.9 Å². The molecular weight excluding hydrogens is 560 g/mol. The van der Waals surface area contributed by atoms with Crippen molar-refractivity contribution in [3.8, 4) is 0 Å². The zero-order chi connectivity index (χ0) is 30.4. The number of unbranched alkanes of at least 4 members (excludes halogenated alkanes) is 2. The minimum atomic E-state index is -5.39. The molecule has 0 radical (unpaired) electrons. The Bertz CT molecular complexity index is 1280. The highest BCUT2D eigenvalue weighted by Gasteiger charge is 2.42. The Morgan fingerprint density at radius 2 is 1.56 bits per heavy atom. The van der Waals surface area contributed by atoms with E-state index in [-0.39, 0.29) is 17.8 Å². The molecule has 3 rings (SSSR count). The summed E-state index contributed by atoms with van der Waals surface area (Å²) >= 11 is 0. The number of rotatable bonds is 10. The topological polar surface area (TPSA) is 110 Å². The first kappa shape index (κ1) is 31.6. The third kappa shape index (κ3) is 8.52. The van der Waals surface area contributed by atoms with Gasteiger partial charge in [-0.3, -0.25) is 14.4 Å². The predicted molar refractivity (Wildman–Crippen MR) is 133 cm³/mol. The Kier molecular flexibility index (Phi) is 10.1. The van der Waals surface area contributed by atoms with Crippen LogP contribution in [0.3, 0.4) is 0 Å². The van der Waals surface area contributed by atoms with Crippen molar-refractivity contribution in [2.24, 2.45) is 5.73 Å². The van der Waals surface area contributed by atoms with Crippen LogP contribution in [0.1, 0.15) is 52.7 Å². The fourth-order valence-corrected chi connectivity index (χ4v) is 4.19. The highest BCUT2D eigenvalue weighted by molar-refractivity contribution is 6.09. The van der Waals surface area contributed by atoms with Crippen molar-refractivity contribution in [3.05, 3.63) is 64.7 Å².